The maximum Gasteiger partial charge on any atom is 0.158 e. The van der Waals surface area contributed by atoms with Crippen LogP contribution in [-0.2, 0) is 6.42 Å². The van der Waals surface area contributed by atoms with Gasteiger partial charge >= 0.3 is 0 Å². The minimum absolute atomic E-state index is 1.10. The van der Waals surface area contributed by atoms with E-state index >= 15 is 0 Å². The third-order valence-corrected chi connectivity index (χ3v) is 3.70. The second-order valence-corrected chi connectivity index (χ2v) is 4.38. The van der Waals surface area contributed by atoms with Gasteiger partial charge in [0.1, 0.15) is 0 Å². The van der Waals surface area contributed by atoms with Crippen LogP contribution in [0, 0.1) is 0 Å². The third kappa shape index (κ3) is 1.36. The van der Waals surface area contributed by atoms with E-state index in [0.29, 0.717) is 0 Å². The lowest BCUT2D eigenvalue weighted by Gasteiger charge is -1.92. The molecule has 12 heavy (non-hydrogen) atoms. The van der Waals surface area contributed by atoms with Crippen LogP contribution in [0.4, 0.5) is 0 Å². The molecule has 0 aliphatic carbocycles. The molecule has 0 saturated carbocycles. The van der Waals surface area contributed by atoms with Crippen LogP contribution in [0.3, 0.4) is 0 Å². The fraction of sp³-hybridized carbons (Fsp3) is 0.500. The zero-order valence-corrected chi connectivity index (χ0v) is 8.54. The minimum atomic E-state index is 1.10. The summed E-state index contributed by atoms with van der Waals surface area (Å²) in [6, 6.07) is 0. The number of thiophene rings is 1. The number of hydrogen-bond acceptors (Lipinski definition) is 4. The van der Waals surface area contributed by atoms with E-state index in [4.69, 9.17) is 0 Å². The second kappa shape index (κ2) is 3.49. The van der Waals surface area contributed by atoms with Gasteiger partial charge in [-0.25, -0.2) is 0 Å². The van der Waals surface area contributed by atoms with Crippen LogP contribution < -0.4 is 0 Å². The highest BCUT2D eigenvalue weighted by Crippen LogP contribution is 2.27. The molecule has 4 heteroatoms. The molecule has 0 atom stereocenters. The molecule has 0 amide bonds. The van der Waals surface area contributed by atoms with Crippen molar-refractivity contribution in [3.63, 3.8) is 0 Å². The molecule has 0 saturated heterocycles. The molecule has 2 heterocycles. The molecule has 0 N–H and O–H groups in total. The van der Waals surface area contributed by atoms with Gasteiger partial charge in [-0.1, -0.05) is 17.8 Å². The Morgan fingerprint density at radius 1 is 1.50 bits per heavy atom. The van der Waals surface area contributed by atoms with Gasteiger partial charge in [0, 0.05) is 0 Å². The van der Waals surface area contributed by atoms with E-state index < -0.39 is 0 Å². The molecule has 2 aromatic heterocycles. The van der Waals surface area contributed by atoms with E-state index in [9.17, 15) is 0 Å². The molecule has 0 fully saturated rings. The van der Waals surface area contributed by atoms with Crippen molar-refractivity contribution >= 4 is 32.4 Å². The third-order valence-electron chi connectivity index (χ3n) is 1.86. The van der Waals surface area contributed by atoms with Crippen LogP contribution in [0.1, 0.15) is 25.3 Å². The maximum atomic E-state index is 4.03. The summed E-state index contributed by atoms with van der Waals surface area (Å²) in [4.78, 5) is 1.10. The molecule has 0 radical (unpaired) electrons. The molecule has 0 unspecified atom stereocenters. The predicted octanol–water partition coefficient (Wildman–Crippen LogP) is 3.10. The van der Waals surface area contributed by atoms with E-state index in [1.807, 2.05) is 0 Å². The highest BCUT2D eigenvalue weighted by Gasteiger charge is 2.06. The predicted molar refractivity (Wildman–Crippen MR) is 53.9 cm³/mol. The van der Waals surface area contributed by atoms with E-state index in [1.165, 1.54) is 41.1 Å². The van der Waals surface area contributed by atoms with Gasteiger partial charge in [0.25, 0.3) is 0 Å². The summed E-state index contributed by atoms with van der Waals surface area (Å²) in [5.41, 5.74) is 1.44. The zero-order valence-electron chi connectivity index (χ0n) is 6.91. The minimum Gasteiger partial charge on any atom is -0.127 e. The summed E-state index contributed by atoms with van der Waals surface area (Å²) < 4.78 is 5.23. The first-order valence-corrected chi connectivity index (χ1v) is 5.75. The summed E-state index contributed by atoms with van der Waals surface area (Å²) >= 11 is 3.23. The first kappa shape index (κ1) is 8.13. The van der Waals surface area contributed by atoms with Gasteiger partial charge in [0.2, 0.25) is 0 Å². The lowest BCUT2D eigenvalue weighted by Crippen LogP contribution is -1.79. The van der Waals surface area contributed by atoms with Gasteiger partial charge in [-0.05, 0) is 35.3 Å². The van der Waals surface area contributed by atoms with Crippen molar-refractivity contribution in [2.24, 2.45) is 0 Å². The van der Waals surface area contributed by atoms with E-state index in [1.54, 1.807) is 11.3 Å². The Hall–Kier alpha value is -0.480. The summed E-state index contributed by atoms with van der Waals surface area (Å²) in [5, 5.41) is 6.25. The van der Waals surface area contributed by atoms with E-state index in [0.717, 1.165) is 4.83 Å². The average molecular weight is 198 g/mol. The number of unbranched alkanes of at least 4 members (excludes halogenated alkanes) is 1. The number of hydrogen-bond donors (Lipinski definition) is 0. The van der Waals surface area contributed by atoms with Crippen LogP contribution in [0.15, 0.2) is 5.38 Å². The SMILES string of the molecule is CCCCc1csc2nnsc12. The number of fused-ring (bicyclic) bond motifs is 1. The number of aromatic nitrogens is 2. The smallest absolute Gasteiger partial charge is 0.127 e. The van der Waals surface area contributed by atoms with Crippen molar-refractivity contribution in [2.45, 2.75) is 26.2 Å². The topological polar surface area (TPSA) is 25.8 Å². The van der Waals surface area contributed by atoms with E-state index in [-0.39, 0.29) is 0 Å². The molecule has 0 aliphatic heterocycles. The molecule has 64 valence electrons. The Balaban J connectivity index is 2.28. The Morgan fingerprint density at radius 2 is 2.42 bits per heavy atom. The Kier molecular flexibility index (Phi) is 2.37. The number of nitrogens with zero attached hydrogens (tertiary/aromatic N) is 2. The van der Waals surface area contributed by atoms with Gasteiger partial charge in [-0.15, -0.1) is 16.4 Å². The molecular formula is C8H10N2S2. The van der Waals surface area contributed by atoms with Crippen molar-refractivity contribution in [2.75, 3.05) is 0 Å². The monoisotopic (exact) mass is 198 g/mol. The van der Waals surface area contributed by atoms with Crippen LogP contribution in [0.5, 0.6) is 0 Å². The zero-order chi connectivity index (χ0) is 8.39. The normalized spacial score (nSPS) is 11.1. The van der Waals surface area contributed by atoms with Crippen molar-refractivity contribution in [1.82, 2.24) is 9.59 Å². The summed E-state index contributed by atoms with van der Waals surface area (Å²) in [7, 11) is 0. The Morgan fingerprint density at radius 3 is 3.25 bits per heavy atom. The molecule has 2 rings (SSSR count). The first-order chi connectivity index (χ1) is 5.92. The highest BCUT2D eigenvalue weighted by molar-refractivity contribution is 7.23. The first-order valence-electron chi connectivity index (χ1n) is 4.10. The van der Waals surface area contributed by atoms with Crippen molar-refractivity contribution in [3.05, 3.63) is 10.9 Å². The number of rotatable bonds is 3. The quantitative estimate of drug-likeness (QED) is 0.757. The maximum absolute atomic E-state index is 4.03. The largest absolute Gasteiger partial charge is 0.158 e. The fourth-order valence-electron chi connectivity index (χ4n) is 1.18. The molecular weight excluding hydrogens is 188 g/mol. The molecule has 0 spiro atoms. The summed E-state index contributed by atoms with van der Waals surface area (Å²) in [5.74, 6) is 0. The summed E-state index contributed by atoms with van der Waals surface area (Å²) in [6.07, 6.45) is 3.70. The Bertz CT molecular complexity index is 364. The molecule has 2 nitrogen and oxygen atoms in total. The average Bonchev–Trinajstić information content (AvgIpc) is 2.62. The van der Waals surface area contributed by atoms with Crippen molar-refractivity contribution in [1.29, 1.82) is 0 Å². The standard InChI is InChI=1S/C8H10N2S2/c1-2-3-4-6-5-11-8-7(6)12-10-9-8/h5H,2-4H2,1H3. The second-order valence-electron chi connectivity index (χ2n) is 2.77. The van der Waals surface area contributed by atoms with Crippen LogP contribution in [0.2, 0.25) is 0 Å². The van der Waals surface area contributed by atoms with Crippen molar-refractivity contribution < 1.29 is 0 Å². The molecule has 0 bridgehead atoms. The van der Waals surface area contributed by atoms with E-state index in [2.05, 4.69) is 21.9 Å². The fourth-order valence-corrected chi connectivity index (χ4v) is 2.98. The highest BCUT2D eigenvalue weighted by atomic mass is 32.1. The molecule has 0 aromatic carbocycles. The van der Waals surface area contributed by atoms with Gasteiger partial charge in [-0.3, -0.25) is 0 Å². The van der Waals surface area contributed by atoms with Gasteiger partial charge in [0.15, 0.2) is 4.83 Å². The lowest BCUT2D eigenvalue weighted by molar-refractivity contribution is 0.801. The van der Waals surface area contributed by atoms with Gasteiger partial charge in [0.05, 0.1) is 4.70 Å². The van der Waals surface area contributed by atoms with Crippen LogP contribution in [0.25, 0.3) is 9.53 Å². The summed E-state index contributed by atoms with van der Waals surface area (Å²) in [6.45, 7) is 2.22. The molecule has 0 aliphatic rings. The van der Waals surface area contributed by atoms with Gasteiger partial charge < -0.3 is 0 Å². The lowest BCUT2D eigenvalue weighted by atomic mass is 10.1. The van der Waals surface area contributed by atoms with Gasteiger partial charge in [-0.2, -0.15) is 0 Å². The van der Waals surface area contributed by atoms with Crippen LogP contribution >= 0.6 is 22.9 Å². The van der Waals surface area contributed by atoms with Crippen molar-refractivity contribution in [3.8, 4) is 0 Å². The Labute approximate surface area is 79.4 Å². The molecule has 2 aromatic rings. The van der Waals surface area contributed by atoms with Crippen LogP contribution in [-0.4, -0.2) is 9.59 Å². The number of aryl methyl sites for hydroxylation is 1.